The highest BCUT2D eigenvalue weighted by molar-refractivity contribution is 7.80. The fraction of sp³-hybridized carbons (Fsp3) is 0.0357. The van der Waals surface area contributed by atoms with Crippen LogP contribution < -0.4 is 10.6 Å². The largest absolute Gasteiger partial charge is 0.358 e. The lowest BCUT2D eigenvalue weighted by Gasteiger charge is -2.13. The lowest BCUT2D eigenvalue weighted by atomic mass is 10.0. The van der Waals surface area contributed by atoms with Gasteiger partial charge in [-0.25, -0.2) is 9.97 Å². The molecule has 0 aliphatic heterocycles. The predicted molar refractivity (Wildman–Crippen MR) is 140 cm³/mol. The van der Waals surface area contributed by atoms with Crippen LogP contribution in [0.3, 0.4) is 0 Å². The first-order chi connectivity index (χ1) is 16.3. The van der Waals surface area contributed by atoms with Crippen molar-refractivity contribution in [1.82, 2.24) is 15.3 Å². The maximum Gasteiger partial charge on any atom is 0.171 e. The van der Waals surface area contributed by atoms with Crippen LogP contribution in [-0.2, 0) is 6.54 Å². The normalized spacial score (nSPS) is 10.7. The van der Waals surface area contributed by atoms with Crippen molar-refractivity contribution in [1.29, 1.82) is 0 Å². The molecule has 1 aromatic heterocycles. The molecule has 4 aromatic carbocycles. The van der Waals surface area contributed by atoms with E-state index in [0.29, 0.717) is 11.7 Å². The second kappa shape index (κ2) is 9.59. The molecule has 0 spiro atoms. The summed E-state index contributed by atoms with van der Waals surface area (Å²) in [5, 5.41) is 7.08. The van der Waals surface area contributed by atoms with E-state index < -0.39 is 0 Å². The second-order valence-electron chi connectivity index (χ2n) is 7.65. The summed E-state index contributed by atoms with van der Waals surface area (Å²) in [4.78, 5) is 10.00. The number of aromatic nitrogens is 2. The van der Waals surface area contributed by atoms with E-state index in [4.69, 9.17) is 22.2 Å². The maximum atomic E-state index is 5.49. The summed E-state index contributed by atoms with van der Waals surface area (Å²) in [6.07, 6.45) is 0. The molecule has 0 saturated carbocycles. The van der Waals surface area contributed by atoms with Crippen molar-refractivity contribution < 1.29 is 0 Å². The fourth-order valence-electron chi connectivity index (χ4n) is 3.68. The molecule has 5 rings (SSSR count). The molecule has 0 aliphatic carbocycles. The molecular weight excluding hydrogens is 424 g/mol. The zero-order chi connectivity index (χ0) is 22.5. The average Bonchev–Trinajstić information content (AvgIpc) is 2.88. The Labute approximate surface area is 198 Å². The highest BCUT2D eigenvalue weighted by Crippen LogP contribution is 2.31. The van der Waals surface area contributed by atoms with E-state index in [0.717, 1.165) is 39.2 Å². The molecule has 5 heteroatoms. The smallest absolute Gasteiger partial charge is 0.171 e. The summed E-state index contributed by atoms with van der Waals surface area (Å²) in [5.74, 6) is 0. The summed E-state index contributed by atoms with van der Waals surface area (Å²) in [6.45, 7) is 0.665. The van der Waals surface area contributed by atoms with Gasteiger partial charge in [-0.3, -0.25) is 0 Å². The Bertz CT molecular complexity index is 1390. The minimum Gasteiger partial charge on any atom is -0.358 e. The standard InChI is InChI=1S/C28H22N4S/c33-28(29-19-20-10-4-1-5-11-20)30-23-16-17-24-25(18-23)32-27(22-14-8-3-9-15-22)26(31-24)21-12-6-2-7-13-21/h1-18H,19H2,(H2,29,30,33). The summed E-state index contributed by atoms with van der Waals surface area (Å²) in [7, 11) is 0. The molecule has 1 heterocycles. The van der Waals surface area contributed by atoms with Crippen LogP contribution in [0, 0.1) is 0 Å². The van der Waals surface area contributed by atoms with Gasteiger partial charge in [0.05, 0.1) is 22.4 Å². The van der Waals surface area contributed by atoms with Crippen LogP contribution in [-0.4, -0.2) is 15.1 Å². The monoisotopic (exact) mass is 446 g/mol. The lowest BCUT2D eigenvalue weighted by molar-refractivity contribution is 0.926. The van der Waals surface area contributed by atoms with Gasteiger partial charge in [0, 0.05) is 23.4 Å². The molecule has 2 N–H and O–H groups in total. The Morgan fingerprint density at radius 2 is 1.18 bits per heavy atom. The molecule has 0 radical (unpaired) electrons. The minimum atomic E-state index is 0.565. The third-order valence-corrected chi connectivity index (χ3v) is 5.56. The average molecular weight is 447 g/mol. The molecule has 0 amide bonds. The molecule has 33 heavy (non-hydrogen) atoms. The molecule has 0 saturated heterocycles. The lowest BCUT2D eigenvalue weighted by Crippen LogP contribution is -2.27. The number of thiocarbonyl (C=S) groups is 1. The van der Waals surface area contributed by atoms with E-state index in [1.54, 1.807) is 0 Å². The zero-order valence-electron chi connectivity index (χ0n) is 17.9. The molecule has 0 bridgehead atoms. The molecule has 5 aromatic rings. The van der Waals surface area contributed by atoms with Crippen molar-refractivity contribution in [3.8, 4) is 22.5 Å². The number of benzene rings is 4. The van der Waals surface area contributed by atoms with Crippen LogP contribution in [0.1, 0.15) is 5.56 Å². The number of hydrogen-bond acceptors (Lipinski definition) is 3. The van der Waals surface area contributed by atoms with E-state index in [-0.39, 0.29) is 0 Å². The van der Waals surface area contributed by atoms with Crippen molar-refractivity contribution in [2.45, 2.75) is 6.54 Å². The van der Waals surface area contributed by atoms with Crippen molar-refractivity contribution in [3.05, 3.63) is 115 Å². The van der Waals surface area contributed by atoms with Gasteiger partial charge in [0.25, 0.3) is 0 Å². The van der Waals surface area contributed by atoms with Crippen LogP contribution >= 0.6 is 12.2 Å². The maximum absolute atomic E-state index is 5.49. The van der Waals surface area contributed by atoms with Gasteiger partial charge < -0.3 is 10.6 Å². The third kappa shape index (κ3) is 4.89. The van der Waals surface area contributed by atoms with Crippen LogP contribution in [0.2, 0.25) is 0 Å². The van der Waals surface area contributed by atoms with Crippen LogP contribution in [0.5, 0.6) is 0 Å². The molecular formula is C28H22N4S. The molecule has 0 aliphatic rings. The number of anilines is 1. The first-order valence-electron chi connectivity index (χ1n) is 10.8. The van der Waals surface area contributed by atoms with Gasteiger partial charge in [0.2, 0.25) is 0 Å². The second-order valence-corrected chi connectivity index (χ2v) is 8.06. The van der Waals surface area contributed by atoms with Gasteiger partial charge in [-0.05, 0) is 36.0 Å². The molecule has 0 unspecified atom stereocenters. The summed E-state index contributed by atoms with van der Waals surface area (Å²) >= 11 is 5.49. The Hall–Kier alpha value is -4.09. The Kier molecular flexibility index (Phi) is 6.04. The highest BCUT2D eigenvalue weighted by atomic mass is 32.1. The molecule has 160 valence electrons. The van der Waals surface area contributed by atoms with Gasteiger partial charge in [-0.2, -0.15) is 0 Å². The Morgan fingerprint density at radius 1 is 0.636 bits per heavy atom. The van der Waals surface area contributed by atoms with Crippen LogP contribution in [0.15, 0.2) is 109 Å². The fourth-order valence-corrected chi connectivity index (χ4v) is 3.87. The summed E-state index contributed by atoms with van der Waals surface area (Å²) < 4.78 is 0. The highest BCUT2D eigenvalue weighted by Gasteiger charge is 2.13. The van der Waals surface area contributed by atoms with Crippen molar-refractivity contribution >= 4 is 34.1 Å². The van der Waals surface area contributed by atoms with Crippen molar-refractivity contribution in [2.75, 3.05) is 5.32 Å². The van der Waals surface area contributed by atoms with E-state index in [2.05, 4.69) is 47.0 Å². The van der Waals surface area contributed by atoms with Gasteiger partial charge in [-0.1, -0.05) is 91.0 Å². The van der Waals surface area contributed by atoms with E-state index >= 15 is 0 Å². The number of nitrogens with zero attached hydrogens (tertiary/aromatic N) is 2. The van der Waals surface area contributed by atoms with Gasteiger partial charge in [0.1, 0.15) is 0 Å². The van der Waals surface area contributed by atoms with Gasteiger partial charge in [-0.15, -0.1) is 0 Å². The topological polar surface area (TPSA) is 49.8 Å². The SMILES string of the molecule is S=C(NCc1ccccc1)Nc1ccc2nc(-c3ccccc3)c(-c3ccccc3)nc2c1. The van der Waals surface area contributed by atoms with Gasteiger partial charge in [0.15, 0.2) is 5.11 Å². The van der Waals surface area contributed by atoms with Crippen LogP contribution in [0.4, 0.5) is 5.69 Å². The van der Waals surface area contributed by atoms with Crippen molar-refractivity contribution in [2.24, 2.45) is 0 Å². The van der Waals surface area contributed by atoms with Crippen LogP contribution in [0.25, 0.3) is 33.5 Å². The third-order valence-electron chi connectivity index (χ3n) is 5.31. The molecule has 0 atom stereocenters. The first kappa shape index (κ1) is 20.8. The Morgan fingerprint density at radius 3 is 1.79 bits per heavy atom. The summed E-state index contributed by atoms with van der Waals surface area (Å²) in [5.41, 5.74) is 7.49. The predicted octanol–water partition coefficient (Wildman–Crippen LogP) is 6.45. The zero-order valence-corrected chi connectivity index (χ0v) is 18.7. The van der Waals surface area contributed by atoms with Crippen molar-refractivity contribution in [3.63, 3.8) is 0 Å². The van der Waals surface area contributed by atoms with Gasteiger partial charge >= 0.3 is 0 Å². The quantitative estimate of drug-likeness (QED) is 0.304. The molecule has 0 fully saturated rings. The molecule has 4 nitrogen and oxygen atoms in total. The summed E-state index contributed by atoms with van der Waals surface area (Å²) in [6, 6.07) is 36.5. The van der Waals surface area contributed by atoms with E-state index in [1.165, 1.54) is 5.56 Å². The van der Waals surface area contributed by atoms with E-state index in [1.807, 2.05) is 72.8 Å². The van der Waals surface area contributed by atoms with E-state index in [9.17, 15) is 0 Å². The number of rotatable bonds is 5. The number of hydrogen-bond donors (Lipinski definition) is 2. The first-order valence-corrected chi connectivity index (χ1v) is 11.2. The minimum absolute atomic E-state index is 0.565. The number of fused-ring (bicyclic) bond motifs is 1. The number of nitrogens with one attached hydrogen (secondary N) is 2. The Balaban J connectivity index is 1.46.